The van der Waals surface area contributed by atoms with Crippen molar-refractivity contribution in [1.82, 2.24) is 0 Å². The highest BCUT2D eigenvalue weighted by Gasteiger charge is 2.11. The van der Waals surface area contributed by atoms with Gasteiger partial charge >= 0.3 is 0 Å². The first-order chi connectivity index (χ1) is 7.17. The summed E-state index contributed by atoms with van der Waals surface area (Å²) >= 11 is 1.63. The van der Waals surface area contributed by atoms with Gasteiger partial charge in [-0.15, -0.1) is 24.2 Å². The molecular weight excluding hydrogens is 248 g/mol. The lowest BCUT2D eigenvalue weighted by molar-refractivity contribution is -0.118. The average Bonchev–Trinajstić information content (AvgIpc) is 2.29. The van der Waals surface area contributed by atoms with Gasteiger partial charge in [-0.1, -0.05) is 0 Å². The molecule has 0 aliphatic rings. The van der Waals surface area contributed by atoms with E-state index in [0.29, 0.717) is 5.69 Å². The third-order valence-corrected chi connectivity index (χ3v) is 2.63. The number of nitrogens with two attached hydrogens (primary N) is 1. The monoisotopic (exact) mass is 262 g/mol. The molecule has 4 nitrogen and oxygen atoms in total. The van der Waals surface area contributed by atoms with Crippen molar-refractivity contribution in [2.24, 2.45) is 5.73 Å². The Labute approximate surface area is 105 Å². The smallest absolute Gasteiger partial charge is 0.243 e. The molecule has 1 amide bonds. The average molecular weight is 263 g/mol. The number of hydrogen-bond donors (Lipinski definition) is 3. The fourth-order valence-electron chi connectivity index (χ4n) is 0.992. The molecule has 0 radical (unpaired) electrons. The number of thioether (sulfide) groups is 1. The summed E-state index contributed by atoms with van der Waals surface area (Å²) in [6, 6.07) is 6.54. The number of carbonyl (C=O) groups excluding carboxylic acids is 1. The molecule has 4 N–H and O–H groups in total. The zero-order valence-corrected chi connectivity index (χ0v) is 10.5. The Balaban J connectivity index is 0.00000225. The van der Waals surface area contributed by atoms with E-state index in [1.807, 2.05) is 18.4 Å². The largest absolute Gasteiger partial charge is 0.394 e. The van der Waals surface area contributed by atoms with Gasteiger partial charge in [-0.2, -0.15) is 0 Å². The maximum atomic E-state index is 11.3. The van der Waals surface area contributed by atoms with E-state index in [4.69, 9.17) is 10.8 Å². The number of aliphatic hydroxyl groups excluding tert-OH is 1. The van der Waals surface area contributed by atoms with E-state index in [9.17, 15) is 4.79 Å². The standard InChI is InChI=1S/C10H14N2O2S.ClH/c1-15-8-4-2-7(3-5-8)12-10(14)9(11)6-13;/h2-5,9,13H,6,11H2,1H3,(H,12,14);1H/t9-;/m0./s1. The maximum Gasteiger partial charge on any atom is 0.243 e. The Bertz CT molecular complexity index is 332. The van der Waals surface area contributed by atoms with Crippen LogP contribution >= 0.6 is 24.2 Å². The molecule has 0 bridgehead atoms. The van der Waals surface area contributed by atoms with Crippen LogP contribution in [0.3, 0.4) is 0 Å². The van der Waals surface area contributed by atoms with Crippen LogP contribution in [-0.2, 0) is 4.79 Å². The maximum absolute atomic E-state index is 11.3. The molecule has 1 rings (SSSR count). The first-order valence-corrected chi connectivity index (χ1v) is 5.71. The van der Waals surface area contributed by atoms with Crippen LogP contribution in [0.2, 0.25) is 0 Å². The van der Waals surface area contributed by atoms with Gasteiger partial charge in [-0.25, -0.2) is 0 Å². The number of nitrogens with one attached hydrogen (secondary N) is 1. The molecule has 90 valence electrons. The van der Waals surface area contributed by atoms with Crippen molar-refractivity contribution in [3.63, 3.8) is 0 Å². The normalized spacial score (nSPS) is 11.4. The highest BCUT2D eigenvalue weighted by Crippen LogP contribution is 2.17. The summed E-state index contributed by atoms with van der Waals surface area (Å²) in [6.07, 6.45) is 1.98. The van der Waals surface area contributed by atoms with E-state index in [0.717, 1.165) is 4.90 Å². The lowest BCUT2D eigenvalue weighted by atomic mass is 10.2. The number of hydrogen-bond acceptors (Lipinski definition) is 4. The molecule has 1 aromatic rings. The minimum atomic E-state index is -0.870. The Morgan fingerprint density at radius 3 is 2.50 bits per heavy atom. The van der Waals surface area contributed by atoms with E-state index in [1.54, 1.807) is 23.9 Å². The molecule has 0 aliphatic carbocycles. The number of anilines is 1. The van der Waals surface area contributed by atoms with Crippen LogP contribution < -0.4 is 11.1 Å². The highest BCUT2D eigenvalue weighted by atomic mass is 35.5. The van der Waals surface area contributed by atoms with Crippen molar-refractivity contribution in [2.75, 3.05) is 18.2 Å². The van der Waals surface area contributed by atoms with Crippen LogP contribution in [0.15, 0.2) is 29.2 Å². The van der Waals surface area contributed by atoms with Gasteiger partial charge < -0.3 is 16.2 Å². The van der Waals surface area contributed by atoms with Crippen molar-refractivity contribution in [2.45, 2.75) is 10.9 Å². The fraction of sp³-hybridized carbons (Fsp3) is 0.300. The number of halogens is 1. The molecule has 0 unspecified atom stereocenters. The second-order valence-electron chi connectivity index (χ2n) is 3.01. The zero-order valence-electron chi connectivity index (χ0n) is 8.84. The molecule has 0 spiro atoms. The van der Waals surface area contributed by atoms with E-state index in [-0.39, 0.29) is 24.9 Å². The van der Waals surface area contributed by atoms with Crippen molar-refractivity contribution >= 4 is 35.8 Å². The number of carbonyl (C=O) groups is 1. The van der Waals surface area contributed by atoms with Crippen molar-refractivity contribution in [3.05, 3.63) is 24.3 Å². The molecule has 0 fully saturated rings. The predicted octanol–water partition coefficient (Wildman–Crippen LogP) is 1.09. The topological polar surface area (TPSA) is 75.4 Å². The Hall–Kier alpha value is -0.750. The summed E-state index contributed by atoms with van der Waals surface area (Å²) in [6.45, 7) is -0.352. The highest BCUT2D eigenvalue weighted by molar-refractivity contribution is 7.98. The van der Waals surface area contributed by atoms with Gasteiger partial charge in [0.15, 0.2) is 0 Å². The van der Waals surface area contributed by atoms with Gasteiger partial charge in [-0.3, -0.25) is 4.79 Å². The van der Waals surface area contributed by atoms with E-state index in [1.165, 1.54) is 0 Å². The van der Waals surface area contributed by atoms with Crippen LogP contribution in [0.25, 0.3) is 0 Å². The minimum absolute atomic E-state index is 0. The summed E-state index contributed by atoms with van der Waals surface area (Å²) in [5.74, 6) is -0.380. The number of amides is 1. The molecular formula is C10H15ClN2O2S. The van der Waals surface area contributed by atoms with E-state index < -0.39 is 6.04 Å². The number of rotatable bonds is 4. The Kier molecular flexibility index (Phi) is 7.16. The van der Waals surface area contributed by atoms with Crippen molar-refractivity contribution in [1.29, 1.82) is 0 Å². The van der Waals surface area contributed by atoms with Gasteiger partial charge in [0, 0.05) is 10.6 Å². The molecule has 0 aromatic heterocycles. The molecule has 0 aliphatic heterocycles. The van der Waals surface area contributed by atoms with Crippen LogP contribution in [-0.4, -0.2) is 29.9 Å². The fourth-order valence-corrected chi connectivity index (χ4v) is 1.40. The third kappa shape index (κ3) is 4.40. The lowest BCUT2D eigenvalue weighted by Crippen LogP contribution is -2.38. The van der Waals surface area contributed by atoms with Crippen molar-refractivity contribution < 1.29 is 9.90 Å². The van der Waals surface area contributed by atoms with Crippen LogP contribution in [0.4, 0.5) is 5.69 Å². The first kappa shape index (κ1) is 15.2. The van der Waals surface area contributed by atoms with Gasteiger partial charge in [0.1, 0.15) is 6.04 Å². The summed E-state index contributed by atoms with van der Waals surface area (Å²) in [7, 11) is 0. The van der Waals surface area contributed by atoms with Crippen LogP contribution in [0, 0.1) is 0 Å². The van der Waals surface area contributed by atoms with Crippen LogP contribution in [0.5, 0.6) is 0 Å². The SMILES string of the molecule is CSc1ccc(NC(=O)[C@@H](N)CO)cc1.Cl. The minimum Gasteiger partial charge on any atom is -0.394 e. The summed E-state index contributed by atoms with van der Waals surface area (Å²) < 4.78 is 0. The second kappa shape index (κ2) is 7.51. The quantitative estimate of drug-likeness (QED) is 0.710. The molecule has 1 atom stereocenters. The summed E-state index contributed by atoms with van der Waals surface area (Å²) in [4.78, 5) is 12.4. The lowest BCUT2D eigenvalue weighted by Gasteiger charge is -2.09. The second-order valence-corrected chi connectivity index (χ2v) is 3.89. The zero-order chi connectivity index (χ0) is 11.3. The van der Waals surface area contributed by atoms with Crippen LogP contribution in [0.1, 0.15) is 0 Å². The van der Waals surface area contributed by atoms with E-state index in [2.05, 4.69) is 5.32 Å². The molecule has 16 heavy (non-hydrogen) atoms. The summed E-state index contributed by atoms with van der Waals surface area (Å²) in [5, 5.41) is 11.3. The summed E-state index contributed by atoms with van der Waals surface area (Å²) in [5.41, 5.74) is 6.04. The van der Waals surface area contributed by atoms with Gasteiger partial charge in [-0.05, 0) is 30.5 Å². The van der Waals surface area contributed by atoms with Gasteiger partial charge in [0.05, 0.1) is 6.61 Å². The van der Waals surface area contributed by atoms with Gasteiger partial charge in [0.25, 0.3) is 0 Å². The molecule has 1 aromatic carbocycles. The van der Waals surface area contributed by atoms with E-state index >= 15 is 0 Å². The third-order valence-electron chi connectivity index (χ3n) is 1.89. The van der Waals surface area contributed by atoms with Crippen molar-refractivity contribution in [3.8, 4) is 0 Å². The molecule has 0 saturated heterocycles. The number of benzene rings is 1. The first-order valence-electron chi connectivity index (χ1n) is 4.48. The number of aliphatic hydroxyl groups is 1. The predicted molar refractivity (Wildman–Crippen MR) is 69.2 cm³/mol. The molecule has 6 heteroatoms. The Morgan fingerprint density at radius 2 is 2.06 bits per heavy atom. The van der Waals surface area contributed by atoms with Gasteiger partial charge in [0.2, 0.25) is 5.91 Å². The Morgan fingerprint density at radius 1 is 1.50 bits per heavy atom. The molecule has 0 heterocycles. The molecule has 0 saturated carbocycles.